The van der Waals surface area contributed by atoms with Crippen LogP contribution in [0.1, 0.15) is 21.5 Å². The molecule has 1 heterocycles. The smallest absolute Gasteiger partial charge is 0.545 e. The Labute approximate surface area is 242 Å². The second kappa shape index (κ2) is 12.7. The summed E-state index contributed by atoms with van der Waals surface area (Å²) < 4.78 is 32.2. The van der Waals surface area contributed by atoms with Gasteiger partial charge in [-0.25, -0.2) is 0 Å². The number of aliphatic carboxylic acids is 1. The van der Waals surface area contributed by atoms with Gasteiger partial charge in [-0.05, 0) is 59.7 Å². The van der Waals surface area contributed by atoms with Gasteiger partial charge in [0.2, 0.25) is 12.5 Å². The first-order valence-electron chi connectivity index (χ1n) is 11.2. The molecule has 3 aromatic carbocycles. The topological polar surface area (TPSA) is 113 Å². The van der Waals surface area contributed by atoms with Crippen molar-refractivity contribution in [1.29, 1.82) is 0 Å². The van der Waals surface area contributed by atoms with Gasteiger partial charge in [0.15, 0.2) is 28.8 Å². The molecule has 1 aliphatic rings. The molecule has 0 bridgehead atoms. The van der Waals surface area contributed by atoms with Crippen LogP contribution < -0.4 is 63.1 Å². The normalized spacial score (nSPS) is 12.1. The van der Waals surface area contributed by atoms with Crippen molar-refractivity contribution < 1.29 is 72.7 Å². The van der Waals surface area contributed by atoms with Crippen LogP contribution in [-0.2, 0) is 11.2 Å². The van der Waals surface area contributed by atoms with E-state index in [9.17, 15) is 14.7 Å². The van der Waals surface area contributed by atoms with Gasteiger partial charge in [-0.15, -0.1) is 0 Å². The minimum Gasteiger partial charge on any atom is -0.545 e. The van der Waals surface area contributed by atoms with Gasteiger partial charge < -0.3 is 38.3 Å². The van der Waals surface area contributed by atoms with E-state index in [1.165, 1.54) is 34.5 Å². The molecular weight excluding hydrogens is 503 g/mol. The number of methoxy groups -OCH3 is 4. The number of hydrogen-bond donors (Lipinski definition) is 0. The monoisotopic (exact) mass is 528 g/mol. The van der Waals surface area contributed by atoms with Crippen LogP contribution in [0.2, 0.25) is 0 Å². The molecule has 0 fully saturated rings. The molecule has 0 N–H and O–H groups in total. The summed E-state index contributed by atoms with van der Waals surface area (Å²) in [6.45, 7) is 0.0201. The summed E-state index contributed by atoms with van der Waals surface area (Å²) in [4.78, 5) is 26.3. The average molecular weight is 528 g/mol. The standard InChI is InChI=1S/C28H26O9.Na/c1-32-19-8-5-17(6-9-19)26(29)20(11-16-12-23(33-2)27(35-4)24(13-16)34-3)25(28(30)31)18-7-10-21-22(14-18)37-15-36-21;/h5-10,12-14H,11,15H2,1-4H3,(H,30,31);/q;+1/p-1/b25-20+;. The summed E-state index contributed by atoms with van der Waals surface area (Å²) in [5, 5.41) is 12.5. The number of allylic oxidation sites excluding steroid dienone is 1. The Morgan fingerprint density at radius 2 is 1.39 bits per heavy atom. The van der Waals surface area contributed by atoms with Crippen molar-refractivity contribution in [2.24, 2.45) is 0 Å². The maximum atomic E-state index is 13.8. The van der Waals surface area contributed by atoms with Crippen LogP contribution in [0.5, 0.6) is 34.5 Å². The van der Waals surface area contributed by atoms with E-state index in [-0.39, 0.29) is 65.0 Å². The predicted molar refractivity (Wildman–Crippen MR) is 132 cm³/mol. The Morgan fingerprint density at radius 3 is 1.95 bits per heavy atom. The Hall–Kier alpha value is -3.66. The van der Waals surface area contributed by atoms with E-state index < -0.39 is 11.8 Å². The molecule has 0 saturated carbocycles. The molecule has 192 valence electrons. The van der Waals surface area contributed by atoms with E-state index in [1.54, 1.807) is 48.5 Å². The van der Waals surface area contributed by atoms with Crippen molar-refractivity contribution in [2.75, 3.05) is 35.2 Å². The van der Waals surface area contributed by atoms with Crippen LogP contribution in [-0.4, -0.2) is 47.0 Å². The van der Waals surface area contributed by atoms with E-state index in [4.69, 9.17) is 28.4 Å². The Bertz CT molecular complexity index is 1340. The Morgan fingerprint density at radius 1 is 0.789 bits per heavy atom. The summed E-state index contributed by atoms with van der Waals surface area (Å²) in [5.41, 5.74) is 0.813. The predicted octanol–water partition coefficient (Wildman–Crippen LogP) is 0.0828. The van der Waals surface area contributed by atoms with Crippen LogP contribution in [0.25, 0.3) is 5.57 Å². The molecule has 0 atom stereocenters. The summed E-state index contributed by atoms with van der Waals surface area (Å²) in [6, 6.07) is 14.4. The van der Waals surface area contributed by atoms with Crippen LogP contribution in [0, 0.1) is 0 Å². The number of rotatable bonds is 10. The SMILES string of the molecule is COc1ccc(C(=O)/C(Cc2cc(OC)c(OC)c(OC)c2)=C(/C(=O)[O-])c2ccc3c(c2)OCO3)cc1.[Na+]. The molecule has 0 spiro atoms. The van der Waals surface area contributed by atoms with Gasteiger partial charge in [-0.1, -0.05) is 6.07 Å². The minimum absolute atomic E-state index is 0. The van der Waals surface area contributed by atoms with Crippen LogP contribution in [0.3, 0.4) is 0 Å². The average Bonchev–Trinajstić information content (AvgIpc) is 3.39. The van der Waals surface area contributed by atoms with Gasteiger partial charge in [0.05, 0.1) is 34.4 Å². The third kappa shape index (κ3) is 5.91. The van der Waals surface area contributed by atoms with Gasteiger partial charge in [-0.3, -0.25) is 4.79 Å². The number of ketones is 1. The van der Waals surface area contributed by atoms with E-state index >= 15 is 0 Å². The van der Waals surface area contributed by atoms with Crippen LogP contribution in [0.15, 0.2) is 60.2 Å². The number of hydrogen-bond acceptors (Lipinski definition) is 9. The van der Waals surface area contributed by atoms with Gasteiger partial charge in [0.1, 0.15) is 5.75 Å². The van der Waals surface area contributed by atoms with Gasteiger partial charge >= 0.3 is 29.6 Å². The maximum Gasteiger partial charge on any atom is 1.00 e. The summed E-state index contributed by atoms with van der Waals surface area (Å²) in [7, 11) is 5.94. The van der Waals surface area contributed by atoms with Crippen molar-refractivity contribution in [1.82, 2.24) is 0 Å². The fraction of sp³-hybridized carbons (Fsp3) is 0.214. The molecule has 0 aromatic heterocycles. The van der Waals surface area contributed by atoms with E-state index in [0.29, 0.717) is 40.1 Å². The van der Waals surface area contributed by atoms with Crippen molar-refractivity contribution in [3.05, 3.63) is 76.9 Å². The van der Waals surface area contributed by atoms with Gasteiger partial charge in [-0.2, -0.15) is 0 Å². The quantitative estimate of drug-likeness (QED) is 0.205. The van der Waals surface area contributed by atoms with E-state index in [0.717, 1.165) is 0 Å². The zero-order valence-corrected chi connectivity index (χ0v) is 23.8. The summed E-state index contributed by atoms with van der Waals surface area (Å²) >= 11 is 0. The number of ether oxygens (including phenoxy) is 6. The molecule has 1 aliphatic heterocycles. The number of benzene rings is 3. The fourth-order valence-electron chi connectivity index (χ4n) is 4.11. The molecule has 38 heavy (non-hydrogen) atoms. The molecule has 9 nitrogen and oxygen atoms in total. The van der Waals surface area contributed by atoms with Crippen molar-refractivity contribution >= 4 is 17.3 Å². The molecule has 10 heteroatoms. The third-order valence-corrected chi connectivity index (χ3v) is 5.90. The Kier molecular flexibility index (Phi) is 9.68. The van der Waals surface area contributed by atoms with Crippen molar-refractivity contribution in [3.8, 4) is 34.5 Å². The number of carboxylic acid groups (broad SMARTS) is 1. The van der Waals surface area contributed by atoms with Crippen molar-refractivity contribution in [2.45, 2.75) is 6.42 Å². The van der Waals surface area contributed by atoms with Crippen LogP contribution >= 0.6 is 0 Å². The molecule has 0 radical (unpaired) electrons. The molecule has 0 saturated heterocycles. The van der Waals surface area contributed by atoms with Crippen molar-refractivity contribution in [3.63, 3.8) is 0 Å². The maximum absolute atomic E-state index is 13.8. The van der Waals surface area contributed by atoms with E-state index in [2.05, 4.69) is 0 Å². The zero-order chi connectivity index (χ0) is 26.5. The van der Waals surface area contributed by atoms with Gasteiger partial charge in [0, 0.05) is 23.1 Å². The van der Waals surface area contributed by atoms with Gasteiger partial charge in [0.25, 0.3) is 0 Å². The molecular formula is C28H25NaO9. The molecule has 0 amide bonds. The third-order valence-electron chi connectivity index (χ3n) is 5.90. The zero-order valence-electron chi connectivity index (χ0n) is 21.8. The fourth-order valence-corrected chi connectivity index (χ4v) is 4.11. The number of carbonyl (C=O) groups is 2. The number of carbonyl (C=O) groups excluding carboxylic acids is 2. The molecule has 3 aromatic rings. The number of carboxylic acids is 1. The second-order valence-electron chi connectivity index (χ2n) is 7.98. The summed E-state index contributed by atoms with van der Waals surface area (Å²) in [5.74, 6) is 0.516. The largest absolute Gasteiger partial charge is 1.00 e. The first-order chi connectivity index (χ1) is 17.9. The molecule has 0 aliphatic carbocycles. The van der Waals surface area contributed by atoms with Crippen LogP contribution in [0.4, 0.5) is 0 Å². The molecule has 0 unspecified atom stereocenters. The molecule has 4 rings (SSSR count). The summed E-state index contributed by atoms with van der Waals surface area (Å²) in [6.07, 6.45) is -0.0701. The first-order valence-corrected chi connectivity index (χ1v) is 11.2. The number of fused-ring (bicyclic) bond motifs is 1. The second-order valence-corrected chi connectivity index (χ2v) is 7.98. The number of Topliss-reactive ketones (excluding diaryl/α,β-unsaturated/α-hetero) is 1. The Balaban J connectivity index is 0.00000400. The van der Waals surface area contributed by atoms with E-state index in [1.807, 2.05) is 0 Å². The minimum atomic E-state index is -1.51. The first kappa shape index (κ1) is 28.9.